The number of alkyl halides is 3. The average Bonchev–Trinajstić information content (AvgIpc) is 1.94. The molecular formula is C8H6F4O. The van der Waals surface area contributed by atoms with Crippen LogP contribution >= 0.6 is 0 Å². The molecule has 0 aliphatic rings. The standard InChI is InChI=1S/C8H6F4O/c1-5-2-3-6(9)7(4-5)13-8(10,11)12/h2-4H,1H3. The third-order valence-electron chi connectivity index (χ3n) is 1.31. The molecule has 0 fully saturated rings. The minimum Gasteiger partial charge on any atom is -0.403 e. The minimum absolute atomic E-state index is 0.501. The Labute approximate surface area is 71.9 Å². The highest BCUT2D eigenvalue weighted by atomic mass is 19.4. The molecule has 0 spiro atoms. The molecule has 0 N–H and O–H groups in total. The number of halogens is 4. The Morgan fingerprint density at radius 2 is 1.85 bits per heavy atom. The van der Waals surface area contributed by atoms with Crippen molar-refractivity contribution in [1.82, 2.24) is 0 Å². The highest BCUT2D eigenvalue weighted by Gasteiger charge is 2.32. The molecule has 0 bridgehead atoms. The molecule has 5 heteroatoms. The van der Waals surface area contributed by atoms with Crippen molar-refractivity contribution in [2.24, 2.45) is 0 Å². The van der Waals surface area contributed by atoms with Gasteiger partial charge in [-0.25, -0.2) is 4.39 Å². The van der Waals surface area contributed by atoms with E-state index in [1.807, 2.05) is 0 Å². The predicted molar refractivity (Wildman–Crippen MR) is 37.8 cm³/mol. The summed E-state index contributed by atoms with van der Waals surface area (Å²) in [5.41, 5.74) is 0.501. The quantitative estimate of drug-likeness (QED) is 0.624. The van der Waals surface area contributed by atoms with Gasteiger partial charge in [0.15, 0.2) is 11.6 Å². The average molecular weight is 194 g/mol. The van der Waals surface area contributed by atoms with Gasteiger partial charge < -0.3 is 4.74 Å². The maximum absolute atomic E-state index is 12.7. The Morgan fingerprint density at radius 1 is 1.23 bits per heavy atom. The second-order valence-corrected chi connectivity index (χ2v) is 2.48. The molecule has 72 valence electrons. The minimum atomic E-state index is -4.85. The van der Waals surface area contributed by atoms with E-state index in [0.717, 1.165) is 12.1 Å². The van der Waals surface area contributed by atoms with Crippen LogP contribution in [0.25, 0.3) is 0 Å². The summed E-state index contributed by atoms with van der Waals surface area (Å²) in [5.74, 6) is -1.82. The topological polar surface area (TPSA) is 9.23 Å². The number of rotatable bonds is 1. The zero-order chi connectivity index (χ0) is 10.1. The highest BCUT2D eigenvalue weighted by molar-refractivity contribution is 5.29. The van der Waals surface area contributed by atoms with Crippen molar-refractivity contribution in [3.63, 3.8) is 0 Å². The zero-order valence-corrected chi connectivity index (χ0v) is 6.65. The van der Waals surface area contributed by atoms with Gasteiger partial charge in [-0.15, -0.1) is 13.2 Å². The smallest absolute Gasteiger partial charge is 0.403 e. The lowest BCUT2D eigenvalue weighted by Crippen LogP contribution is -2.17. The normalized spacial score (nSPS) is 11.5. The zero-order valence-electron chi connectivity index (χ0n) is 6.65. The van der Waals surface area contributed by atoms with Gasteiger partial charge in [-0.3, -0.25) is 0 Å². The molecule has 0 radical (unpaired) electrons. The van der Waals surface area contributed by atoms with Crippen molar-refractivity contribution in [3.05, 3.63) is 29.6 Å². The number of ether oxygens (including phenoxy) is 1. The molecule has 13 heavy (non-hydrogen) atoms. The molecule has 0 heterocycles. The molecule has 0 aromatic heterocycles. The molecule has 0 atom stereocenters. The first-order valence-electron chi connectivity index (χ1n) is 3.40. The summed E-state index contributed by atoms with van der Waals surface area (Å²) in [7, 11) is 0. The first-order chi connectivity index (χ1) is 5.88. The Morgan fingerprint density at radius 3 is 2.38 bits per heavy atom. The van der Waals surface area contributed by atoms with Crippen molar-refractivity contribution in [3.8, 4) is 5.75 Å². The van der Waals surface area contributed by atoms with Crippen molar-refractivity contribution in [1.29, 1.82) is 0 Å². The van der Waals surface area contributed by atoms with E-state index >= 15 is 0 Å². The fourth-order valence-corrected chi connectivity index (χ4v) is 0.813. The summed E-state index contributed by atoms with van der Waals surface area (Å²) in [6.45, 7) is 1.54. The molecule has 1 nitrogen and oxygen atoms in total. The van der Waals surface area contributed by atoms with Crippen molar-refractivity contribution in [2.75, 3.05) is 0 Å². The molecular weight excluding hydrogens is 188 g/mol. The lowest BCUT2D eigenvalue weighted by atomic mass is 10.2. The predicted octanol–water partition coefficient (Wildman–Crippen LogP) is 3.03. The Balaban J connectivity index is 2.94. The molecule has 0 aliphatic carbocycles. The van der Waals surface area contributed by atoms with Crippen LogP contribution in [0, 0.1) is 12.7 Å². The van der Waals surface area contributed by atoms with Gasteiger partial charge in [0.25, 0.3) is 0 Å². The van der Waals surface area contributed by atoms with Gasteiger partial charge in [-0.05, 0) is 24.6 Å². The second-order valence-electron chi connectivity index (χ2n) is 2.48. The summed E-state index contributed by atoms with van der Waals surface area (Å²) in [6.07, 6.45) is -4.85. The van der Waals surface area contributed by atoms with E-state index in [-0.39, 0.29) is 0 Å². The van der Waals surface area contributed by atoms with Crippen molar-refractivity contribution >= 4 is 0 Å². The maximum atomic E-state index is 12.7. The molecule has 0 unspecified atom stereocenters. The lowest BCUT2D eigenvalue weighted by Gasteiger charge is -2.09. The van der Waals surface area contributed by atoms with Crippen LogP contribution in [-0.4, -0.2) is 6.36 Å². The third kappa shape index (κ3) is 2.93. The van der Waals surface area contributed by atoms with Crippen LogP contribution in [0.2, 0.25) is 0 Å². The van der Waals surface area contributed by atoms with Gasteiger partial charge >= 0.3 is 6.36 Å². The van der Waals surface area contributed by atoms with Crippen LogP contribution in [0.4, 0.5) is 17.6 Å². The van der Waals surface area contributed by atoms with Crippen LogP contribution in [0.3, 0.4) is 0 Å². The summed E-state index contributed by atoms with van der Waals surface area (Å²) in [5, 5.41) is 0. The Hall–Kier alpha value is -1.26. The molecule has 0 aliphatic heterocycles. The van der Waals surface area contributed by atoms with E-state index in [2.05, 4.69) is 4.74 Å². The first kappa shape index (κ1) is 9.83. The molecule has 0 saturated carbocycles. The second kappa shape index (κ2) is 3.24. The summed E-state index contributed by atoms with van der Waals surface area (Å²) in [4.78, 5) is 0. The molecule has 1 aromatic carbocycles. The van der Waals surface area contributed by atoms with Crippen molar-refractivity contribution < 1.29 is 22.3 Å². The number of hydrogen-bond donors (Lipinski definition) is 0. The summed E-state index contributed by atoms with van der Waals surface area (Å²) >= 11 is 0. The van der Waals surface area contributed by atoms with Crippen LogP contribution in [0.1, 0.15) is 5.56 Å². The van der Waals surface area contributed by atoms with Gasteiger partial charge in [-0.2, -0.15) is 0 Å². The summed E-state index contributed by atoms with van der Waals surface area (Å²) < 4.78 is 51.1. The fraction of sp³-hybridized carbons (Fsp3) is 0.250. The fourth-order valence-electron chi connectivity index (χ4n) is 0.813. The van der Waals surface area contributed by atoms with E-state index in [9.17, 15) is 17.6 Å². The van der Waals surface area contributed by atoms with E-state index in [0.29, 0.717) is 5.56 Å². The van der Waals surface area contributed by atoms with Crippen LogP contribution in [-0.2, 0) is 0 Å². The van der Waals surface area contributed by atoms with Gasteiger partial charge in [0.2, 0.25) is 0 Å². The van der Waals surface area contributed by atoms with Gasteiger partial charge in [0.05, 0.1) is 0 Å². The van der Waals surface area contributed by atoms with E-state index in [1.54, 1.807) is 6.92 Å². The SMILES string of the molecule is Cc1ccc(F)c(OC(F)(F)F)c1. The van der Waals surface area contributed by atoms with Gasteiger partial charge in [0.1, 0.15) is 0 Å². The highest BCUT2D eigenvalue weighted by Crippen LogP contribution is 2.25. The summed E-state index contributed by atoms with van der Waals surface area (Å²) in [6, 6.07) is 3.28. The Kier molecular flexibility index (Phi) is 2.45. The largest absolute Gasteiger partial charge is 0.573 e. The monoisotopic (exact) mass is 194 g/mol. The van der Waals surface area contributed by atoms with Crippen molar-refractivity contribution in [2.45, 2.75) is 13.3 Å². The third-order valence-corrected chi connectivity index (χ3v) is 1.31. The number of benzene rings is 1. The first-order valence-corrected chi connectivity index (χ1v) is 3.40. The number of hydrogen-bond acceptors (Lipinski definition) is 1. The number of aryl methyl sites for hydroxylation is 1. The van der Waals surface area contributed by atoms with Gasteiger partial charge in [-0.1, -0.05) is 6.07 Å². The lowest BCUT2D eigenvalue weighted by molar-refractivity contribution is -0.275. The maximum Gasteiger partial charge on any atom is 0.573 e. The molecule has 0 amide bonds. The van der Waals surface area contributed by atoms with E-state index < -0.39 is 17.9 Å². The van der Waals surface area contributed by atoms with E-state index in [1.165, 1.54) is 6.07 Å². The van der Waals surface area contributed by atoms with E-state index in [4.69, 9.17) is 0 Å². The molecule has 1 rings (SSSR count). The Bertz CT molecular complexity index is 306. The van der Waals surface area contributed by atoms with Crippen LogP contribution < -0.4 is 4.74 Å². The van der Waals surface area contributed by atoms with Crippen LogP contribution in [0.15, 0.2) is 18.2 Å². The van der Waals surface area contributed by atoms with Crippen LogP contribution in [0.5, 0.6) is 5.75 Å². The molecule has 0 saturated heterocycles. The molecule has 1 aromatic rings. The van der Waals surface area contributed by atoms with Gasteiger partial charge in [0, 0.05) is 0 Å².